The van der Waals surface area contributed by atoms with Crippen molar-refractivity contribution < 1.29 is 9.53 Å². The summed E-state index contributed by atoms with van der Waals surface area (Å²) >= 11 is 2.03. The largest absolute Gasteiger partial charge is 0.450 e. The van der Waals surface area contributed by atoms with Crippen LogP contribution in [0.5, 0.6) is 0 Å². The zero-order chi connectivity index (χ0) is 10.8. The minimum absolute atomic E-state index is 0.406. The van der Waals surface area contributed by atoms with E-state index in [0.29, 0.717) is 12.5 Å². The monoisotopic (exact) mass is 309 g/mol. The van der Waals surface area contributed by atoms with Gasteiger partial charge in [0.15, 0.2) is 0 Å². The highest BCUT2D eigenvalue weighted by Crippen LogP contribution is 2.15. The highest BCUT2D eigenvalue weighted by atomic mass is 127. The first-order valence-corrected chi connectivity index (χ1v) is 5.79. The molecule has 0 fully saturated rings. The van der Waals surface area contributed by atoms with Gasteiger partial charge in [-0.25, -0.2) is 4.79 Å². The summed E-state index contributed by atoms with van der Waals surface area (Å²) in [7, 11) is 0. The molecule has 0 bridgehead atoms. The fraction of sp³-hybridized carbons (Fsp3) is 0.700. The van der Waals surface area contributed by atoms with Crippen LogP contribution < -0.4 is 5.73 Å². The van der Waals surface area contributed by atoms with Crippen LogP contribution in [0.4, 0.5) is 4.79 Å². The normalized spacial score (nSPS) is 11.3. The van der Waals surface area contributed by atoms with Crippen LogP contribution in [0.25, 0.3) is 0 Å². The molecule has 0 aliphatic heterocycles. The minimum atomic E-state index is -0.694. The van der Waals surface area contributed by atoms with Gasteiger partial charge in [-0.1, -0.05) is 19.3 Å². The van der Waals surface area contributed by atoms with Crippen LogP contribution in [0.2, 0.25) is 0 Å². The Kier molecular flexibility index (Phi) is 8.84. The van der Waals surface area contributed by atoms with Crippen molar-refractivity contribution in [2.75, 3.05) is 6.61 Å². The predicted molar refractivity (Wildman–Crippen MR) is 65.0 cm³/mol. The molecule has 0 aliphatic rings. The number of nitrogens with two attached hydrogens (primary N) is 1. The van der Waals surface area contributed by atoms with Crippen LogP contribution in [0.1, 0.15) is 32.6 Å². The summed E-state index contributed by atoms with van der Waals surface area (Å²) in [6.07, 6.45) is 3.28. The minimum Gasteiger partial charge on any atom is -0.450 e. The Balaban J connectivity index is 3.70. The molecule has 2 N–H and O–H groups in total. The second-order valence-corrected chi connectivity index (χ2v) is 3.63. The van der Waals surface area contributed by atoms with Crippen LogP contribution in [-0.4, -0.2) is 12.7 Å². The van der Waals surface area contributed by atoms with Crippen molar-refractivity contribution in [2.24, 2.45) is 11.7 Å². The number of carbonyl (C=O) groups is 1. The quantitative estimate of drug-likeness (QED) is 0.606. The zero-order valence-electron chi connectivity index (χ0n) is 8.38. The van der Waals surface area contributed by atoms with Crippen molar-refractivity contribution in [1.82, 2.24) is 0 Å². The average molecular weight is 309 g/mol. The summed E-state index contributed by atoms with van der Waals surface area (Å²) in [5, 5.41) is 0. The maximum Gasteiger partial charge on any atom is 0.404 e. The van der Waals surface area contributed by atoms with E-state index in [9.17, 15) is 4.79 Å². The highest BCUT2D eigenvalue weighted by molar-refractivity contribution is 14.1. The molecule has 4 heteroatoms. The number of primary amides is 1. The Hall–Kier alpha value is -0.440. The van der Waals surface area contributed by atoms with E-state index in [-0.39, 0.29) is 0 Å². The van der Waals surface area contributed by atoms with Crippen LogP contribution in [0.15, 0.2) is 0 Å². The second kappa shape index (κ2) is 9.13. The number of hydrogen-bond donors (Lipinski definition) is 1. The van der Waals surface area contributed by atoms with Gasteiger partial charge in [0.05, 0.1) is 6.61 Å². The first kappa shape index (κ1) is 13.6. The third kappa shape index (κ3) is 8.17. The number of halogens is 1. The molecular weight excluding hydrogens is 293 g/mol. The molecule has 0 saturated carbocycles. The lowest BCUT2D eigenvalue weighted by Gasteiger charge is -2.12. The third-order valence-corrected chi connectivity index (χ3v) is 2.31. The number of ether oxygens (including phenoxy) is 1. The number of amides is 1. The predicted octanol–water partition coefficient (Wildman–Crippen LogP) is 2.67. The van der Waals surface area contributed by atoms with Crippen molar-refractivity contribution in [3.63, 3.8) is 0 Å². The van der Waals surface area contributed by atoms with E-state index >= 15 is 0 Å². The van der Waals surface area contributed by atoms with Gasteiger partial charge in [0.2, 0.25) is 0 Å². The summed E-state index contributed by atoms with van der Waals surface area (Å²) in [6, 6.07) is 0. The van der Waals surface area contributed by atoms with E-state index in [1.54, 1.807) is 0 Å². The lowest BCUT2D eigenvalue weighted by molar-refractivity contribution is 0.148. The van der Waals surface area contributed by atoms with Gasteiger partial charge in [-0.15, -0.1) is 0 Å². The topological polar surface area (TPSA) is 52.3 Å². The Morgan fingerprint density at radius 1 is 1.57 bits per heavy atom. The van der Waals surface area contributed by atoms with Crippen LogP contribution >= 0.6 is 22.6 Å². The van der Waals surface area contributed by atoms with Gasteiger partial charge in [-0.2, -0.15) is 0 Å². The Bertz CT molecular complexity index is 220. The summed E-state index contributed by atoms with van der Waals surface area (Å²) in [5.74, 6) is 3.55. The van der Waals surface area contributed by atoms with Gasteiger partial charge in [-0.05, 0) is 22.7 Å². The lowest BCUT2D eigenvalue weighted by atomic mass is 9.97. The van der Waals surface area contributed by atoms with Crippen LogP contribution in [-0.2, 0) is 4.74 Å². The first-order valence-electron chi connectivity index (χ1n) is 4.71. The summed E-state index contributed by atoms with van der Waals surface area (Å²) in [4.78, 5) is 10.3. The van der Waals surface area contributed by atoms with Crippen LogP contribution in [0.3, 0.4) is 0 Å². The van der Waals surface area contributed by atoms with E-state index in [0.717, 1.165) is 25.7 Å². The second-order valence-electron chi connectivity index (χ2n) is 3.09. The smallest absolute Gasteiger partial charge is 0.404 e. The summed E-state index contributed by atoms with van der Waals surface area (Å²) in [5.41, 5.74) is 4.86. The van der Waals surface area contributed by atoms with Gasteiger partial charge in [-0.3, -0.25) is 0 Å². The molecule has 0 aliphatic carbocycles. The van der Waals surface area contributed by atoms with E-state index in [1.165, 1.54) is 0 Å². The third-order valence-electron chi connectivity index (χ3n) is 1.92. The van der Waals surface area contributed by atoms with E-state index in [4.69, 9.17) is 5.73 Å². The molecule has 0 heterocycles. The SMILES string of the molecule is CCCC(CC#CI)CCOC(N)=O. The fourth-order valence-corrected chi connectivity index (χ4v) is 1.49. The Morgan fingerprint density at radius 3 is 2.79 bits per heavy atom. The molecule has 0 rings (SSSR count). The average Bonchev–Trinajstić information content (AvgIpc) is 2.13. The first-order chi connectivity index (χ1) is 6.70. The molecule has 0 aromatic rings. The van der Waals surface area contributed by atoms with Gasteiger partial charge in [0.1, 0.15) is 0 Å². The van der Waals surface area contributed by atoms with E-state index < -0.39 is 6.09 Å². The number of hydrogen-bond acceptors (Lipinski definition) is 2. The Labute approximate surface area is 98.9 Å². The van der Waals surface area contributed by atoms with Crippen molar-refractivity contribution in [1.29, 1.82) is 0 Å². The summed E-state index contributed by atoms with van der Waals surface area (Å²) < 4.78 is 7.53. The Morgan fingerprint density at radius 2 is 2.29 bits per heavy atom. The summed E-state index contributed by atoms with van der Waals surface area (Å²) in [6.45, 7) is 2.54. The van der Waals surface area contributed by atoms with Gasteiger partial charge in [0, 0.05) is 29.0 Å². The molecule has 1 amide bonds. The van der Waals surface area contributed by atoms with Gasteiger partial charge >= 0.3 is 6.09 Å². The maximum absolute atomic E-state index is 10.3. The molecule has 0 aromatic carbocycles. The van der Waals surface area contributed by atoms with Gasteiger partial charge < -0.3 is 10.5 Å². The lowest BCUT2D eigenvalue weighted by Crippen LogP contribution is -2.15. The van der Waals surface area contributed by atoms with Crippen molar-refractivity contribution in [2.45, 2.75) is 32.6 Å². The van der Waals surface area contributed by atoms with Gasteiger partial charge in [0.25, 0.3) is 0 Å². The molecule has 0 saturated heterocycles. The van der Waals surface area contributed by atoms with E-state index in [2.05, 4.69) is 21.5 Å². The number of carbonyl (C=O) groups excluding carboxylic acids is 1. The molecule has 3 nitrogen and oxygen atoms in total. The maximum atomic E-state index is 10.3. The molecule has 0 radical (unpaired) electrons. The standard InChI is InChI=1S/C10H16INO2/c1-2-4-9(5-3-7-11)6-8-14-10(12)13/h9H,2,4-6,8H2,1H3,(H2,12,13). The highest BCUT2D eigenvalue weighted by Gasteiger charge is 2.06. The van der Waals surface area contributed by atoms with Crippen molar-refractivity contribution in [3.05, 3.63) is 0 Å². The van der Waals surface area contributed by atoms with E-state index in [1.807, 2.05) is 22.6 Å². The molecule has 14 heavy (non-hydrogen) atoms. The molecule has 80 valence electrons. The molecule has 0 spiro atoms. The number of rotatable bonds is 6. The van der Waals surface area contributed by atoms with Crippen molar-refractivity contribution >= 4 is 28.7 Å². The molecular formula is C10H16INO2. The molecule has 1 unspecified atom stereocenters. The fourth-order valence-electron chi connectivity index (χ4n) is 1.27. The van der Waals surface area contributed by atoms with Crippen LogP contribution in [0, 0.1) is 15.8 Å². The van der Waals surface area contributed by atoms with Crippen molar-refractivity contribution in [3.8, 4) is 9.85 Å². The molecule has 0 aromatic heterocycles. The molecule has 1 atom stereocenters. The zero-order valence-corrected chi connectivity index (χ0v) is 10.5.